The fraction of sp³-hybridized carbons (Fsp3) is 0.321. The van der Waals surface area contributed by atoms with E-state index in [-0.39, 0.29) is 5.75 Å². The van der Waals surface area contributed by atoms with Crippen molar-refractivity contribution in [1.82, 2.24) is 14.9 Å². The molecule has 1 heterocycles. The molecular formula is C28H33N3O3S. The maximum absolute atomic E-state index is 12.6. The third kappa shape index (κ3) is 7.41. The lowest BCUT2D eigenvalue weighted by Gasteiger charge is -2.20. The molecule has 7 heteroatoms. The van der Waals surface area contributed by atoms with Crippen LogP contribution in [0, 0.1) is 0 Å². The molecule has 6 nitrogen and oxygen atoms in total. The van der Waals surface area contributed by atoms with Crippen LogP contribution in [0.15, 0.2) is 72.9 Å². The van der Waals surface area contributed by atoms with Crippen molar-refractivity contribution < 1.29 is 13.2 Å². The Kier molecular flexibility index (Phi) is 7.57. The van der Waals surface area contributed by atoms with Crippen molar-refractivity contribution in [2.75, 3.05) is 12.4 Å². The van der Waals surface area contributed by atoms with E-state index in [0.29, 0.717) is 19.4 Å². The molecule has 4 aromatic rings. The zero-order valence-electron chi connectivity index (χ0n) is 20.5. The van der Waals surface area contributed by atoms with E-state index in [1.54, 1.807) is 6.20 Å². The lowest BCUT2D eigenvalue weighted by Crippen LogP contribution is -2.42. The van der Waals surface area contributed by atoms with E-state index in [1.165, 1.54) is 16.3 Å². The van der Waals surface area contributed by atoms with Gasteiger partial charge in [0, 0.05) is 24.6 Å². The van der Waals surface area contributed by atoms with Gasteiger partial charge in [-0.1, -0.05) is 54.6 Å². The molecule has 0 aliphatic rings. The van der Waals surface area contributed by atoms with E-state index in [4.69, 9.17) is 4.74 Å². The van der Waals surface area contributed by atoms with Crippen LogP contribution < -0.4 is 9.46 Å². The Morgan fingerprint density at radius 2 is 1.69 bits per heavy atom. The van der Waals surface area contributed by atoms with Gasteiger partial charge in [-0.3, -0.25) is 5.10 Å². The number of aromatic nitrogens is 2. The number of hydrogen-bond donors (Lipinski definition) is 2. The largest absolute Gasteiger partial charge is 0.493 e. The number of fused-ring (bicyclic) bond motifs is 1. The van der Waals surface area contributed by atoms with Crippen LogP contribution in [0.4, 0.5) is 0 Å². The van der Waals surface area contributed by atoms with Gasteiger partial charge in [0.25, 0.3) is 0 Å². The first-order chi connectivity index (χ1) is 16.7. The second-order valence-electron chi connectivity index (χ2n) is 9.89. The second kappa shape index (κ2) is 10.6. The first-order valence-corrected chi connectivity index (χ1v) is 13.5. The fourth-order valence-corrected chi connectivity index (χ4v) is 5.61. The van der Waals surface area contributed by atoms with Crippen LogP contribution in [-0.4, -0.2) is 36.5 Å². The van der Waals surface area contributed by atoms with Gasteiger partial charge in [0.15, 0.2) is 0 Å². The van der Waals surface area contributed by atoms with Crippen LogP contribution in [0.3, 0.4) is 0 Å². The van der Waals surface area contributed by atoms with Crippen molar-refractivity contribution in [2.45, 2.75) is 45.6 Å². The summed E-state index contributed by atoms with van der Waals surface area (Å²) in [5.41, 5.74) is 3.59. The second-order valence-corrected chi connectivity index (χ2v) is 11.7. The normalized spacial score (nSPS) is 12.2. The highest BCUT2D eigenvalue weighted by molar-refractivity contribution is 7.89. The Balaban J connectivity index is 1.48. The van der Waals surface area contributed by atoms with Gasteiger partial charge < -0.3 is 4.74 Å². The summed E-state index contributed by atoms with van der Waals surface area (Å²) in [6.45, 7) is 6.03. The van der Waals surface area contributed by atoms with E-state index in [9.17, 15) is 8.42 Å². The first kappa shape index (κ1) is 24.9. The minimum absolute atomic E-state index is 0.00399. The Morgan fingerprint density at radius 3 is 2.43 bits per heavy atom. The molecule has 0 unspecified atom stereocenters. The predicted molar refractivity (Wildman–Crippen MR) is 141 cm³/mol. The molecule has 0 radical (unpaired) electrons. The molecule has 1 aromatic heterocycles. The number of benzene rings is 3. The van der Waals surface area contributed by atoms with Crippen molar-refractivity contribution in [3.8, 4) is 5.75 Å². The molecule has 3 aromatic carbocycles. The first-order valence-electron chi connectivity index (χ1n) is 11.9. The molecule has 35 heavy (non-hydrogen) atoms. The number of rotatable bonds is 10. The lowest BCUT2D eigenvalue weighted by atomic mass is 10.0. The molecule has 0 aliphatic carbocycles. The number of hydrogen-bond acceptors (Lipinski definition) is 4. The molecule has 0 saturated carbocycles. The van der Waals surface area contributed by atoms with E-state index in [1.807, 2.05) is 57.2 Å². The standard InChI is InChI=1S/C28H33N3O3S/c1-28(2,3)31-35(32,33)17-14-24-11-9-22(19-26-12-15-29-30-26)20-27(24)34-16-13-21-8-10-23-6-4-5-7-25(23)18-21/h4-12,15,18,20,31H,13-14,16-17,19H2,1-3H3,(H,29,30). The average Bonchev–Trinajstić information content (AvgIpc) is 3.30. The summed E-state index contributed by atoms with van der Waals surface area (Å²) in [4.78, 5) is 0. The van der Waals surface area contributed by atoms with Crippen LogP contribution in [0.25, 0.3) is 10.8 Å². The zero-order chi connectivity index (χ0) is 24.9. The Labute approximate surface area is 207 Å². The lowest BCUT2D eigenvalue weighted by molar-refractivity contribution is 0.318. The molecule has 0 spiro atoms. The maximum atomic E-state index is 12.6. The average molecular weight is 492 g/mol. The molecular weight excluding hydrogens is 458 g/mol. The van der Waals surface area contributed by atoms with Crippen LogP contribution in [0.2, 0.25) is 0 Å². The summed E-state index contributed by atoms with van der Waals surface area (Å²) in [6, 6.07) is 22.7. The number of ether oxygens (including phenoxy) is 1. The summed E-state index contributed by atoms with van der Waals surface area (Å²) >= 11 is 0. The summed E-state index contributed by atoms with van der Waals surface area (Å²) in [5.74, 6) is 0.731. The Bertz CT molecular complexity index is 1370. The fourth-order valence-electron chi connectivity index (χ4n) is 4.08. The van der Waals surface area contributed by atoms with Crippen LogP contribution >= 0.6 is 0 Å². The highest BCUT2D eigenvalue weighted by atomic mass is 32.2. The van der Waals surface area contributed by atoms with Crippen LogP contribution in [0.1, 0.15) is 43.2 Å². The van der Waals surface area contributed by atoms with Gasteiger partial charge in [-0.2, -0.15) is 5.10 Å². The van der Waals surface area contributed by atoms with E-state index in [0.717, 1.165) is 29.0 Å². The number of nitrogens with one attached hydrogen (secondary N) is 2. The summed E-state index contributed by atoms with van der Waals surface area (Å²) in [7, 11) is -3.41. The van der Waals surface area contributed by atoms with Gasteiger partial charge in [0.1, 0.15) is 5.75 Å². The predicted octanol–water partition coefficient (Wildman–Crippen LogP) is 5.04. The monoisotopic (exact) mass is 491 g/mol. The van der Waals surface area contributed by atoms with Gasteiger partial charge in [-0.25, -0.2) is 13.1 Å². The number of aromatic amines is 1. The Hall–Kier alpha value is -3.16. The van der Waals surface area contributed by atoms with Gasteiger partial charge in [-0.15, -0.1) is 0 Å². The molecule has 0 bridgehead atoms. The van der Waals surface area contributed by atoms with Crippen LogP contribution in [0.5, 0.6) is 5.75 Å². The van der Waals surface area contributed by atoms with E-state index in [2.05, 4.69) is 45.3 Å². The highest BCUT2D eigenvalue weighted by Crippen LogP contribution is 2.24. The van der Waals surface area contributed by atoms with Gasteiger partial charge in [0.2, 0.25) is 10.0 Å². The zero-order valence-corrected chi connectivity index (χ0v) is 21.4. The molecule has 0 amide bonds. The SMILES string of the molecule is CC(C)(C)NS(=O)(=O)CCc1ccc(Cc2cc[nH]n2)cc1OCCc1ccc2ccccc2c1. The molecule has 0 atom stereocenters. The molecule has 0 aliphatic heterocycles. The maximum Gasteiger partial charge on any atom is 0.212 e. The minimum Gasteiger partial charge on any atom is -0.493 e. The van der Waals surface area contributed by atoms with Crippen LogP contribution in [-0.2, 0) is 29.3 Å². The molecule has 184 valence electrons. The van der Waals surface area contributed by atoms with Crippen molar-refractivity contribution in [3.05, 3.63) is 95.3 Å². The highest BCUT2D eigenvalue weighted by Gasteiger charge is 2.20. The smallest absolute Gasteiger partial charge is 0.212 e. The van der Waals surface area contributed by atoms with Crippen molar-refractivity contribution >= 4 is 20.8 Å². The molecule has 0 fully saturated rings. The molecule has 2 N–H and O–H groups in total. The quantitative estimate of drug-likeness (QED) is 0.326. The molecule has 4 rings (SSSR count). The third-order valence-corrected chi connectivity index (χ3v) is 7.30. The summed E-state index contributed by atoms with van der Waals surface area (Å²) in [5, 5.41) is 9.51. The minimum atomic E-state index is -3.41. The third-order valence-electron chi connectivity index (χ3n) is 5.64. The number of sulfonamides is 1. The number of nitrogens with zero attached hydrogens (tertiary/aromatic N) is 1. The Morgan fingerprint density at radius 1 is 0.914 bits per heavy atom. The van der Waals surface area contributed by atoms with Gasteiger partial charge in [-0.05, 0) is 66.8 Å². The molecule has 0 saturated heterocycles. The van der Waals surface area contributed by atoms with Crippen molar-refractivity contribution in [2.24, 2.45) is 0 Å². The topological polar surface area (TPSA) is 84.1 Å². The van der Waals surface area contributed by atoms with Crippen molar-refractivity contribution in [3.63, 3.8) is 0 Å². The van der Waals surface area contributed by atoms with E-state index >= 15 is 0 Å². The summed E-state index contributed by atoms with van der Waals surface area (Å²) < 4.78 is 34.1. The number of aryl methyl sites for hydroxylation is 1. The number of H-pyrrole nitrogens is 1. The summed E-state index contributed by atoms with van der Waals surface area (Å²) in [6.07, 6.45) is 3.61. The van der Waals surface area contributed by atoms with Crippen molar-refractivity contribution in [1.29, 1.82) is 0 Å². The van der Waals surface area contributed by atoms with Gasteiger partial charge in [0.05, 0.1) is 18.1 Å². The van der Waals surface area contributed by atoms with Gasteiger partial charge >= 0.3 is 0 Å². The van der Waals surface area contributed by atoms with E-state index < -0.39 is 15.6 Å².